The van der Waals surface area contributed by atoms with Gasteiger partial charge >= 0.3 is 0 Å². The van der Waals surface area contributed by atoms with E-state index in [0.717, 1.165) is 56.5 Å². The molecule has 0 saturated carbocycles. The Bertz CT molecular complexity index is 3750. The minimum atomic E-state index is -0.319. The van der Waals surface area contributed by atoms with E-state index in [4.69, 9.17) is 0 Å². The molecule has 0 amide bonds. The van der Waals surface area contributed by atoms with Crippen LogP contribution in [0.25, 0.3) is 72.4 Å². The topological polar surface area (TPSA) is 91.2 Å². The molecule has 0 saturated heterocycles. The lowest BCUT2D eigenvalue weighted by Gasteiger charge is -2.13. The number of aromatic nitrogens is 1. The summed E-state index contributed by atoms with van der Waals surface area (Å²) in [5.41, 5.74) is 17.0. The van der Waals surface area contributed by atoms with Crippen molar-refractivity contribution in [3.8, 4) is 50.3 Å². The smallest absolute Gasteiger partial charge is 0.277 e. The van der Waals surface area contributed by atoms with Crippen molar-refractivity contribution in [1.29, 1.82) is 0 Å². The molecule has 0 N–H and O–H groups in total. The summed E-state index contributed by atoms with van der Waals surface area (Å²) < 4.78 is 3.56. The summed E-state index contributed by atoms with van der Waals surface area (Å²) in [7, 11) is 0. The number of hydrogen-bond acceptors (Lipinski definition) is 4. The monoisotopic (exact) mass is 1060 g/mol. The second kappa shape index (κ2) is 22.0. The zero-order valence-electron chi connectivity index (χ0n) is 39.5. The van der Waals surface area contributed by atoms with Gasteiger partial charge in [0, 0.05) is 32.3 Å². The zero-order chi connectivity index (χ0) is 50.1. The summed E-state index contributed by atoms with van der Waals surface area (Å²) in [6, 6.07) is 88.3. The van der Waals surface area contributed by atoms with Crippen molar-refractivity contribution in [2.24, 2.45) is 0 Å². The summed E-state index contributed by atoms with van der Waals surface area (Å²) in [6.45, 7) is 0. The van der Waals surface area contributed by atoms with E-state index in [1.807, 2.05) is 97.1 Å². The number of nitrogens with zero attached hydrogens (tertiary/aromatic N) is 3. The lowest BCUT2D eigenvalue weighted by Crippen LogP contribution is -1.97. The fraction of sp³-hybridized carbons (Fsp3) is 0.0154. The molecule has 1 aliphatic rings. The molecule has 11 aromatic rings. The Morgan fingerprint density at radius 1 is 0.397 bits per heavy atom. The van der Waals surface area contributed by atoms with E-state index in [1.165, 1.54) is 37.0 Å². The maximum Gasteiger partial charge on any atom is 0.277 e. The molecular weight excluding hydrogens is 1010 g/mol. The van der Waals surface area contributed by atoms with Gasteiger partial charge in [0.05, 0.1) is 32.2 Å². The first kappa shape index (κ1) is 47.7. The van der Waals surface area contributed by atoms with Crippen LogP contribution in [0, 0.1) is 23.8 Å². The van der Waals surface area contributed by atoms with E-state index in [0.29, 0.717) is 11.1 Å². The van der Waals surface area contributed by atoms with Crippen LogP contribution in [-0.4, -0.2) is 14.4 Å². The molecule has 0 atom stereocenters. The number of nitro benzene ring substituents is 2. The number of rotatable bonds is 9. The van der Waals surface area contributed by atoms with Gasteiger partial charge in [0.15, 0.2) is 0 Å². The van der Waals surface area contributed by atoms with E-state index < -0.39 is 0 Å². The fourth-order valence-corrected chi connectivity index (χ4v) is 10.1. The molecule has 1 aromatic heterocycles. The van der Waals surface area contributed by atoms with Gasteiger partial charge in [0.1, 0.15) is 0 Å². The van der Waals surface area contributed by atoms with Gasteiger partial charge in [-0.25, -0.2) is 0 Å². The Kier molecular flexibility index (Phi) is 14.3. The van der Waals surface area contributed by atoms with Crippen LogP contribution < -0.4 is 0 Å². The molecule has 12 rings (SSSR count). The van der Waals surface area contributed by atoms with Crippen molar-refractivity contribution >= 4 is 56.0 Å². The number of fused-ring (bicyclic) bond motifs is 2. The SMILES string of the molecule is Ic1ccccc1.O=[N+]([O-])c1ccccc1-c1ccc2c(-c3ccccc3)c(-c3ccccc3)n(-c3ccccc3)c2c1.O=[N+]([O-])c1ccccc1-c1ccc2c(c1)CC(c1ccccc1)=C2c1ccccc1. The van der Waals surface area contributed by atoms with Gasteiger partial charge in [-0.15, -0.1) is 0 Å². The van der Waals surface area contributed by atoms with Gasteiger partial charge in [-0.1, -0.05) is 206 Å². The average molecular weight is 1060 g/mol. The first-order valence-corrected chi connectivity index (χ1v) is 24.9. The third kappa shape index (κ3) is 10.3. The quantitative estimate of drug-likeness (QED) is 0.0818. The second-order valence-electron chi connectivity index (χ2n) is 17.3. The van der Waals surface area contributed by atoms with Crippen LogP contribution in [0.15, 0.2) is 267 Å². The molecule has 0 aliphatic heterocycles. The minimum absolute atomic E-state index is 0.0984. The van der Waals surface area contributed by atoms with Crippen molar-refractivity contribution < 1.29 is 9.85 Å². The number of halogens is 1. The zero-order valence-corrected chi connectivity index (χ0v) is 41.6. The van der Waals surface area contributed by atoms with Crippen LogP contribution in [0.3, 0.4) is 0 Å². The van der Waals surface area contributed by atoms with Gasteiger partial charge in [-0.2, -0.15) is 0 Å². The normalized spacial score (nSPS) is 11.5. The Labute approximate surface area is 437 Å². The lowest BCUT2D eigenvalue weighted by molar-refractivity contribution is -0.384. The van der Waals surface area contributed by atoms with Crippen molar-refractivity contribution in [2.45, 2.75) is 6.42 Å². The Morgan fingerprint density at radius 3 is 1.36 bits per heavy atom. The van der Waals surface area contributed by atoms with Crippen LogP contribution in [-0.2, 0) is 6.42 Å². The Balaban J connectivity index is 0.000000149. The molecule has 0 radical (unpaired) electrons. The van der Waals surface area contributed by atoms with E-state index in [9.17, 15) is 20.2 Å². The van der Waals surface area contributed by atoms with Gasteiger partial charge in [0.2, 0.25) is 0 Å². The van der Waals surface area contributed by atoms with E-state index in [1.54, 1.807) is 24.3 Å². The summed E-state index contributed by atoms with van der Waals surface area (Å²) >= 11 is 2.28. The highest BCUT2D eigenvalue weighted by Gasteiger charge is 2.26. The van der Waals surface area contributed by atoms with Crippen molar-refractivity contribution in [3.63, 3.8) is 0 Å². The van der Waals surface area contributed by atoms with Gasteiger partial charge in [0.25, 0.3) is 11.4 Å². The first-order valence-electron chi connectivity index (χ1n) is 23.8. The number of hydrogen-bond donors (Lipinski definition) is 0. The van der Waals surface area contributed by atoms with Gasteiger partial charge < -0.3 is 4.57 Å². The minimum Gasteiger partial charge on any atom is -0.309 e. The Hall–Kier alpha value is -8.99. The predicted molar refractivity (Wildman–Crippen MR) is 306 cm³/mol. The lowest BCUT2D eigenvalue weighted by atomic mass is 9.93. The third-order valence-corrected chi connectivity index (χ3v) is 13.6. The summed E-state index contributed by atoms with van der Waals surface area (Å²) in [5, 5.41) is 24.4. The number of allylic oxidation sites excluding steroid dienone is 1. The molecule has 352 valence electrons. The van der Waals surface area contributed by atoms with Crippen LogP contribution >= 0.6 is 22.6 Å². The van der Waals surface area contributed by atoms with E-state index >= 15 is 0 Å². The summed E-state index contributed by atoms with van der Waals surface area (Å²) in [6.07, 6.45) is 0.804. The molecule has 0 spiro atoms. The molecule has 1 heterocycles. The number of para-hydroxylation sites is 3. The molecule has 0 fully saturated rings. The number of benzene rings is 10. The standard InChI is InChI=1S/C32H22N2O2.C27H19NO2.C6H5I/c35-34(36)29-19-11-10-18-27(29)25-20-21-28-30(22-25)33(26-16-8-3-9-17-26)32(24-14-6-2-7-15-24)31(28)23-12-4-1-5-13-23;29-28(30)26-14-8-7-13-23(26)21-15-16-24-22(17-21)18-25(19-9-3-1-4-10-19)27(24)20-11-5-2-6-12-20;7-6-4-2-1-3-5-6/h1-22H;1-17H,18H2;1-5H. The van der Waals surface area contributed by atoms with Crippen LogP contribution in [0.5, 0.6) is 0 Å². The molecule has 1 aliphatic carbocycles. The predicted octanol–water partition coefficient (Wildman–Crippen LogP) is 17.6. The van der Waals surface area contributed by atoms with Gasteiger partial charge in [-0.3, -0.25) is 20.2 Å². The molecule has 10 aromatic carbocycles. The van der Waals surface area contributed by atoms with Crippen LogP contribution in [0.2, 0.25) is 0 Å². The second-order valence-corrected chi connectivity index (χ2v) is 18.6. The maximum atomic E-state index is 11.8. The molecule has 0 unspecified atom stereocenters. The summed E-state index contributed by atoms with van der Waals surface area (Å²) in [5.74, 6) is 0. The van der Waals surface area contributed by atoms with Crippen molar-refractivity contribution in [2.75, 3.05) is 0 Å². The molecule has 73 heavy (non-hydrogen) atoms. The van der Waals surface area contributed by atoms with Crippen molar-refractivity contribution in [1.82, 2.24) is 4.57 Å². The maximum absolute atomic E-state index is 11.8. The molecular formula is C65H46IN3O4. The number of nitro groups is 2. The first-order chi connectivity index (χ1) is 35.8. The highest BCUT2D eigenvalue weighted by atomic mass is 127. The average Bonchev–Trinajstić information content (AvgIpc) is 4.01. The van der Waals surface area contributed by atoms with Crippen LogP contribution in [0.4, 0.5) is 11.4 Å². The Morgan fingerprint density at radius 2 is 0.836 bits per heavy atom. The fourth-order valence-electron chi connectivity index (χ4n) is 9.65. The van der Waals surface area contributed by atoms with Crippen LogP contribution in [0.1, 0.15) is 22.3 Å². The van der Waals surface area contributed by atoms with Gasteiger partial charge in [-0.05, 0) is 133 Å². The van der Waals surface area contributed by atoms with E-state index in [2.05, 4.69) is 173 Å². The van der Waals surface area contributed by atoms with E-state index in [-0.39, 0.29) is 21.2 Å². The molecule has 8 heteroatoms. The molecule has 0 bridgehead atoms. The highest BCUT2D eigenvalue weighted by Crippen LogP contribution is 2.46. The summed E-state index contributed by atoms with van der Waals surface area (Å²) in [4.78, 5) is 22.6. The largest absolute Gasteiger partial charge is 0.309 e. The molecule has 7 nitrogen and oxygen atoms in total. The van der Waals surface area contributed by atoms with Crippen molar-refractivity contribution in [3.05, 3.63) is 313 Å². The third-order valence-electron chi connectivity index (χ3n) is 12.9. The highest BCUT2D eigenvalue weighted by molar-refractivity contribution is 14.1.